The number of aromatic nitrogens is 1. The topological polar surface area (TPSA) is 33.2 Å². The van der Waals surface area contributed by atoms with E-state index in [1.807, 2.05) is 0 Å². The van der Waals surface area contributed by atoms with Gasteiger partial charge in [0.05, 0.1) is 5.56 Å². The van der Waals surface area contributed by atoms with Crippen LogP contribution in [-0.4, -0.2) is 28.9 Å². The third-order valence-electron chi connectivity index (χ3n) is 1.96. The molecule has 0 atom stereocenters. The molecule has 1 aromatic rings. The Morgan fingerprint density at radius 1 is 1.38 bits per heavy atom. The molecule has 1 rings (SSSR count). The van der Waals surface area contributed by atoms with E-state index in [2.05, 4.69) is 18.1 Å². The van der Waals surface area contributed by atoms with Gasteiger partial charge in [0.15, 0.2) is 0 Å². The molecule has 0 bridgehead atoms. The Bertz CT molecular complexity index is 377. The SMILES string of the molecule is C=CCN(CC=C)C(=O)c1ccc(F)nc1. The van der Waals surface area contributed by atoms with Crippen LogP contribution in [0, 0.1) is 5.95 Å². The van der Waals surface area contributed by atoms with Crippen molar-refractivity contribution in [3.8, 4) is 0 Å². The van der Waals surface area contributed by atoms with Gasteiger partial charge >= 0.3 is 0 Å². The monoisotopic (exact) mass is 220 g/mol. The molecule has 0 radical (unpaired) electrons. The summed E-state index contributed by atoms with van der Waals surface area (Å²) in [6, 6.07) is 2.57. The van der Waals surface area contributed by atoms with Crippen LogP contribution in [0.25, 0.3) is 0 Å². The fraction of sp³-hybridized carbons (Fsp3) is 0.167. The Labute approximate surface area is 93.9 Å². The molecule has 0 saturated heterocycles. The van der Waals surface area contributed by atoms with Crippen molar-refractivity contribution >= 4 is 5.91 Å². The van der Waals surface area contributed by atoms with Crippen molar-refractivity contribution in [1.82, 2.24) is 9.88 Å². The summed E-state index contributed by atoms with van der Waals surface area (Å²) in [5.74, 6) is -0.817. The molecule has 3 nitrogen and oxygen atoms in total. The maximum atomic E-state index is 12.6. The molecular weight excluding hydrogens is 207 g/mol. The number of hydrogen-bond acceptors (Lipinski definition) is 2. The highest BCUT2D eigenvalue weighted by molar-refractivity contribution is 5.94. The molecule has 0 aliphatic rings. The summed E-state index contributed by atoms with van der Waals surface area (Å²) in [5, 5.41) is 0. The van der Waals surface area contributed by atoms with Crippen LogP contribution >= 0.6 is 0 Å². The van der Waals surface area contributed by atoms with Crippen molar-refractivity contribution in [2.45, 2.75) is 0 Å². The van der Waals surface area contributed by atoms with Gasteiger partial charge < -0.3 is 4.90 Å². The van der Waals surface area contributed by atoms with Gasteiger partial charge in [-0.1, -0.05) is 12.2 Å². The van der Waals surface area contributed by atoms with Gasteiger partial charge in [-0.15, -0.1) is 13.2 Å². The van der Waals surface area contributed by atoms with E-state index in [9.17, 15) is 9.18 Å². The number of carbonyl (C=O) groups excluding carboxylic acids is 1. The molecule has 0 spiro atoms. The third kappa shape index (κ3) is 3.02. The van der Waals surface area contributed by atoms with Crippen molar-refractivity contribution < 1.29 is 9.18 Å². The predicted molar refractivity (Wildman–Crippen MR) is 60.5 cm³/mol. The first-order chi connectivity index (χ1) is 7.69. The van der Waals surface area contributed by atoms with Gasteiger partial charge in [0.1, 0.15) is 0 Å². The van der Waals surface area contributed by atoms with Gasteiger partial charge in [0, 0.05) is 19.3 Å². The largest absolute Gasteiger partial charge is 0.331 e. The highest BCUT2D eigenvalue weighted by Crippen LogP contribution is 2.04. The first-order valence-corrected chi connectivity index (χ1v) is 4.81. The minimum Gasteiger partial charge on any atom is -0.331 e. The molecule has 1 heterocycles. The highest BCUT2D eigenvalue weighted by Gasteiger charge is 2.13. The standard InChI is InChI=1S/C12H13FN2O/c1-3-7-15(8-4-2)12(16)10-5-6-11(13)14-9-10/h3-6,9H,1-2,7-8H2. The fourth-order valence-corrected chi connectivity index (χ4v) is 1.24. The van der Waals surface area contributed by atoms with Crippen molar-refractivity contribution in [3.63, 3.8) is 0 Å². The van der Waals surface area contributed by atoms with Gasteiger partial charge in [-0.25, -0.2) is 4.98 Å². The van der Waals surface area contributed by atoms with Crippen LogP contribution in [0.1, 0.15) is 10.4 Å². The minimum absolute atomic E-state index is 0.215. The van der Waals surface area contributed by atoms with Crippen molar-refractivity contribution in [2.24, 2.45) is 0 Å². The number of rotatable bonds is 5. The lowest BCUT2D eigenvalue weighted by Gasteiger charge is -2.18. The van der Waals surface area contributed by atoms with E-state index in [0.29, 0.717) is 18.7 Å². The van der Waals surface area contributed by atoms with Crippen molar-refractivity contribution in [1.29, 1.82) is 0 Å². The number of amides is 1. The molecule has 0 aliphatic heterocycles. The quantitative estimate of drug-likeness (QED) is 0.562. The predicted octanol–water partition coefficient (Wildman–Crippen LogP) is 2.03. The highest BCUT2D eigenvalue weighted by atomic mass is 19.1. The van der Waals surface area contributed by atoms with E-state index < -0.39 is 5.95 Å². The average molecular weight is 220 g/mol. The first-order valence-electron chi connectivity index (χ1n) is 4.81. The smallest absolute Gasteiger partial charge is 0.255 e. The van der Waals surface area contributed by atoms with E-state index in [1.54, 1.807) is 12.2 Å². The van der Waals surface area contributed by atoms with Crippen molar-refractivity contribution in [3.05, 3.63) is 55.2 Å². The van der Waals surface area contributed by atoms with Gasteiger partial charge in [0.2, 0.25) is 5.95 Å². The first kappa shape index (κ1) is 12.1. The normalized spacial score (nSPS) is 9.56. The van der Waals surface area contributed by atoms with Gasteiger partial charge in [-0.3, -0.25) is 4.79 Å². The minimum atomic E-state index is -0.601. The summed E-state index contributed by atoms with van der Waals surface area (Å²) < 4.78 is 12.6. The molecule has 4 heteroatoms. The summed E-state index contributed by atoms with van der Waals surface area (Å²) in [5.41, 5.74) is 0.352. The Morgan fingerprint density at radius 3 is 2.44 bits per heavy atom. The van der Waals surface area contributed by atoms with E-state index >= 15 is 0 Å². The van der Waals surface area contributed by atoms with E-state index in [1.165, 1.54) is 17.2 Å². The number of hydrogen-bond donors (Lipinski definition) is 0. The van der Waals surface area contributed by atoms with E-state index in [4.69, 9.17) is 0 Å². The molecule has 16 heavy (non-hydrogen) atoms. The van der Waals surface area contributed by atoms with Crippen LogP contribution in [-0.2, 0) is 0 Å². The second kappa shape index (κ2) is 5.80. The number of carbonyl (C=O) groups is 1. The molecule has 0 aliphatic carbocycles. The summed E-state index contributed by atoms with van der Waals surface area (Å²) in [6.07, 6.45) is 4.47. The molecule has 0 saturated carbocycles. The second-order valence-corrected chi connectivity index (χ2v) is 3.16. The van der Waals surface area contributed by atoms with E-state index in [0.717, 1.165) is 6.07 Å². The van der Waals surface area contributed by atoms with Gasteiger partial charge in [-0.05, 0) is 12.1 Å². The fourth-order valence-electron chi connectivity index (χ4n) is 1.24. The molecule has 1 aromatic heterocycles. The van der Waals surface area contributed by atoms with Crippen LogP contribution in [0.4, 0.5) is 4.39 Å². The van der Waals surface area contributed by atoms with Crippen LogP contribution < -0.4 is 0 Å². The third-order valence-corrected chi connectivity index (χ3v) is 1.96. The molecule has 0 unspecified atom stereocenters. The van der Waals surface area contributed by atoms with Crippen LogP contribution in [0.5, 0.6) is 0 Å². The molecule has 84 valence electrons. The Kier molecular flexibility index (Phi) is 4.39. The Balaban J connectivity index is 2.84. The number of nitrogens with zero attached hydrogens (tertiary/aromatic N) is 2. The summed E-state index contributed by atoms with van der Waals surface area (Å²) in [7, 11) is 0. The molecule has 0 aromatic carbocycles. The van der Waals surface area contributed by atoms with E-state index in [-0.39, 0.29) is 5.91 Å². The Hall–Kier alpha value is -1.97. The molecular formula is C12H13FN2O. The summed E-state index contributed by atoms with van der Waals surface area (Å²) >= 11 is 0. The summed E-state index contributed by atoms with van der Waals surface area (Å²) in [4.78, 5) is 16.9. The zero-order valence-electron chi connectivity index (χ0n) is 8.90. The molecule has 0 N–H and O–H groups in total. The number of pyridine rings is 1. The second-order valence-electron chi connectivity index (χ2n) is 3.16. The maximum Gasteiger partial charge on any atom is 0.255 e. The average Bonchev–Trinajstić information content (AvgIpc) is 2.29. The molecule has 0 fully saturated rings. The zero-order valence-corrected chi connectivity index (χ0v) is 8.90. The lowest BCUT2D eigenvalue weighted by Crippen LogP contribution is -2.31. The van der Waals surface area contributed by atoms with Gasteiger partial charge in [0.25, 0.3) is 5.91 Å². The lowest BCUT2D eigenvalue weighted by molar-refractivity contribution is 0.0790. The Morgan fingerprint density at radius 2 is 2.00 bits per heavy atom. The lowest BCUT2D eigenvalue weighted by atomic mass is 10.2. The number of halogens is 1. The summed E-state index contributed by atoms with van der Waals surface area (Å²) in [6.45, 7) is 7.98. The van der Waals surface area contributed by atoms with Gasteiger partial charge in [-0.2, -0.15) is 4.39 Å². The van der Waals surface area contributed by atoms with Crippen molar-refractivity contribution in [2.75, 3.05) is 13.1 Å². The molecule has 1 amide bonds. The maximum absolute atomic E-state index is 12.6. The zero-order chi connectivity index (χ0) is 12.0. The van der Waals surface area contributed by atoms with Crippen LogP contribution in [0.2, 0.25) is 0 Å². The van der Waals surface area contributed by atoms with Crippen LogP contribution in [0.3, 0.4) is 0 Å². The van der Waals surface area contributed by atoms with Crippen LogP contribution in [0.15, 0.2) is 43.6 Å².